The maximum atomic E-state index is 12.0. The van der Waals surface area contributed by atoms with E-state index >= 15 is 0 Å². The molecule has 0 atom stereocenters. The van der Waals surface area contributed by atoms with Crippen molar-refractivity contribution in [3.8, 4) is 5.75 Å². The molecule has 0 spiro atoms. The zero-order chi connectivity index (χ0) is 15.2. The molecule has 0 saturated heterocycles. The van der Waals surface area contributed by atoms with Gasteiger partial charge in [-0.25, -0.2) is 0 Å². The smallest absolute Gasteiger partial charge is 0.224 e. The second kappa shape index (κ2) is 7.46. The molecule has 1 aromatic rings. The van der Waals surface area contributed by atoms with E-state index in [0.717, 1.165) is 42.6 Å². The van der Waals surface area contributed by atoms with Gasteiger partial charge in [0.15, 0.2) is 0 Å². The highest BCUT2D eigenvalue weighted by atomic mass is 16.5. The summed E-state index contributed by atoms with van der Waals surface area (Å²) in [6.45, 7) is 2.70. The minimum absolute atomic E-state index is 0.0482. The van der Waals surface area contributed by atoms with Crippen molar-refractivity contribution in [3.63, 3.8) is 0 Å². The van der Waals surface area contributed by atoms with E-state index in [9.17, 15) is 9.90 Å². The second-order valence-electron chi connectivity index (χ2n) is 5.96. The fourth-order valence-corrected chi connectivity index (χ4v) is 2.83. The molecule has 0 aliphatic heterocycles. The van der Waals surface area contributed by atoms with E-state index in [-0.39, 0.29) is 12.0 Å². The second-order valence-corrected chi connectivity index (χ2v) is 5.96. The lowest BCUT2D eigenvalue weighted by molar-refractivity contribution is -0.120. The van der Waals surface area contributed by atoms with Crippen molar-refractivity contribution in [2.24, 2.45) is 5.92 Å². The molecule has 1 saturated carbocycles. The quantitative estimate of drug-likeness (QED) is 0.874. The van der Waals surface area contributed by atoms with Crippen molar-refractivity contribution in [3.05, 3.63) is 29.3 Å². The van der Waals surface area contributed by atoms with Crippen molar-refractivity contribution in [1.29, 1.82) is 0 Å². The Morgan fingerprint density at radius 1 is 1.33 bits per heavy atom. The molecule has 1 aliphatic rings. The van der Waals surface area contributed by atoms with Crippen LogP contribution in [0.4, 0.5) is 0 Å². The van der Waals surface area contributed by atoms with Crippen LogP contribution in [0, 0.1) is 12.8 Å². The minimum atomic E-state index is -0.142. The fraction of sp³-hybridized carbons (Fsp3) is 0.588. The molecule has 0 aromatic heterocycles. The first kappa shape index (κ1) is 15.8. The van der Waals surface area contributed by atoms with Gasteiger partial charge < -0.3 is 15.2 Å². The molecule has 0 bridgehead atoms. The molecule has 0 heterocycles. The highest BCUT2D eigenvalue weighted by Gasteiger charge is 2.19. The van der Waals surface area contributed by atoms with Gasteiger partial charge in [0.25, 0.3) is 0 Å². The van der Waals surface area contributed by atoms with Crippen LogP contribution in [0.25, 0.3) is 0 Å². The van der Waals surface area contributed by atoms with Crippen LogP contribution >= 0.6 is 0 Å². The Morgan fingerprint density at radius 3 is 2.71 bits per heavy atom. The SMILES string of the molecule is COc1cc(CC(=O)NCC2CCC(O)CC2)ccc1C. The number of aryl methyl sites for hydroxylation is 1. The topological polar surface area (TPSA) is 58.6 Å². The molecular formula is C17H25NO3. The van der Waals surface area contributed by atoms with Crippen LogP contribution in [0.15, 0.2) is 18.2 Å². The summed E-state index contributed by atoms with van der Waals surface area (Å²) in [6, 6.07) is 5.87. The Morgan fingerprint density at radius 2 is 2.05 bits per heavy atom. The van der Waals surface area contributed by atoms with Crippen LogP contribution < -0.4 is 10.1 Å². The summed E-state index contributed by atoms with van der Waals surface area (Å²) in [5.74, 6) is 1.37. The Hall–Kier alpha value is -1.55. The van der Waals surface area contributed by atoms with E-state index in [1.165, 1.54) is 0 Å². The van der Waals surface area contributed by atoms with Crippen LogP contribution in [-0.2, 0) is 11.2 Å². The Bertz CT molecular complexity index is 479. The lowest BCUT2D eigenvalue weighted by Crippen LogP contribution is -2.33. The number of methoxy groups -OCH3 is 1. The number of ether oxygens (including phenoxy) is 1. The van der Waals surface area contributed by atoms with Gasteiger partial charge in [-0.2, -0.15) is 0 Å². The summed E-state index contributed by atoms with van der Waals surface area (Å²) < 4.78 is 5.28. The normalized spacial score (nSPS) is 21.9. The molecule has 1 amide bonds. The minimum Gasteiger partial charge on any atom is -0.496 e. The van der Waals surface area contributed by atoms with E-state index < -0.39 is 0 Å². The Labute approximate surface area is 126 Å². The predicted molar refractivity (Wildman–Crippen MR) is 82.4 cm³/mol. The highest BCUT2D eigenvalue weighted by Crippen LogP contribution is 2.23. The van der Waals surface area contributed by atoms with Gasteiger partial charge in [-0.1, -0.05) is 12.1 Å². The van der Waals surface area contributed by atoms with Gasteiger partial charge in [0.1, 0.15) is 5.75 Å². The van der Waals surface area contributed by atoms with Gasteiger partial charge in [-0.15, -0.1) is 0 Å². The molecule has 0 radical (unpaired) electrons. The first-order valence-corrected chi connectivity index (χ1v) is 7.66. The number of hydrogen-bond donors (Lipinski definition) is 2. The lowest BCUT2D eigenvalue weighted by atomic mass is 9.87. The third-order valence-electron chi connectivity index (χ3n) is 4.24. The van der Waals surface area contributed by atoms with Crippen molar-refractivity contribution in [2.75, 3.05) is 13.7 Å². The number of carbonyl (C=O) groups excluding carboxylic acids is 1. The van der Waals surface area contributed by atoms with Gasteiger partial charge in [0.2, 0.25) is 5.91 Å². The first-order chi connectivity index (χ1) is 10.1. The molecule has 0 unspecified atom stereocenters. The summed E-state index contributed by atoms with van der Waals surface area (Å²) in [5.41, 5.74) is 2.04. The lowest BCUT2D eigenvalue weighted by Gasteiger charge is -2.25. The monoisotopic (exact) mass is 291 g/mol. The van der Waals surface area contributed by atoms with Gasteiger partial charge in [-0.05, 0) is 55.7 Å². The average molecular weight is 291 g/mol. The maximum absolute atomic E-state index is 12.0. The zero-order valence-corrected chi connectivity index (χ0v) is 12.9. The molecule has 1 aliphatic carbocycles. The molecule has 1 aromatic carbocycles. The van der Waals surface area contributed by atoms with Crippen molar-refractivity contribution >= 4 is 5.91 Å². The van der Waals surface area contributed by atoms with Crippen LogP contribution in [0.1, 0.15) is 36.8 Å². The summed E-state index contributed by atoms with van der Waals surface area (Å²) in [5, 5.41) is 12.5. The Balaban J connectivity index is 1.79. The Kier molecular flexibility index (Phi) is 5.62. The van der Waals surface area contributed by atoms with Gasteiger partial charge >= 0.3 is 0 Å². The van der Waals surface area contributed by atoms with Gasteiger partial charge in [0, 0.05) is 6.54 Å². The number of hydrogen-bond acceptors (Lipinski definition) is 3. The van der Waals surface area contributed by atoms with Crippen molar-refractivity contribution in [2.45, 2.75) is 45.1 Å². The third kappa shape index (κ3) is 4.74. The summed E-state index contributed by atoms with van der Waals surface area (Å²) >= 11 is 0. The number of benzene rings is 1. The number of amides is 1. The highest BCUT2D eigenvalue weighted by molar-refractivity contribution is 5.78. The van der Waals surface area contributed by atoms with Crippen molar-refractivity contribution < 1.29 is 14.6 Å². The van der Waals surface area contributed by atoms with Crippen LogP contribution in [-0.4, -0.2) is 30.8 Å². The first-order valence-electron chi connectivity index (χ1n) is 7.66. The van der Waals surface area contributed by atoms with Gasteiger partial charge in [0.05, 0.1) is 19.6 Å². The zero-order valence-electron chi connectivity index (χ0n) is 12.9. The molecule has 2 rings (SSSR count). The predicted octanol–water partition coefficient (Wildman–Crippen LogP) is 2.21. The third-order valence-corrected chi connectivity index (χ3v) is 4.24. The summed E-state index contributed by atoms with van der Waals surface area (Å²) in [7, 11) is 1.64. The molecule has 4 nitrogen and oxygen atoms in total. The number of nitrogens with one attached hydrogen (secondary N) is 1. The van der Waals surface area contributed by atoms with E-state index in [4.69, 9.17) is 4.74 Å². The average Bonchev–Trinajstić information content (AvgIpc) is 2.48. The van der Waals surface area contributed by atoms with E-state index in [1.54, 1.807) is 7.11 Å². The van der Waals surface area contributed by atoms with Crippen LogP contribution in [0.5, 0.6) is 5.75 Å². The molecule has 21 heavy (non-hydrogen) atoms. The molecule has 2 N–H and O–H groups in total. The number of aliphatic hydroxyl groups is 1. The van der Waals surface area contributed by atoms with Crippen LogP contribution in [0.2, 0.25) is 0 Å². The van der Waals surface area contributed by atoms with Gasteiger partial charge in [-0.3, -0.25) is 4.79 Å². The molecule has 4 heteroatoms. The molecule has 116 valence electrons. The molecule has 1 fully saturated rings. The molecular weight excluding hydrogens is 266 g/mol. The maximum Gasteiger partial charge on any atom is 0.224 e. The largest absolute Gasteiger partial charge is 0.496 e. The standard InChI is InChI=1S/C17H25NO3/c1-12-3-4-14(9-16(12)21-2)10-17(20)18-11-13-5-7-15(19)8-6-13/h3-4,9,13,15,19H,5-8,10-11H2,1-2H3,(H,18,20). The number of carbonyl (C=O) groups is 1. The van der Waals surface area contributed by atoms with Crippen LogP contribution in [0.3, 0.4) is 0 Å². The van der Waals surface area contributed by atoms with E-state index in [2.05, 4.69) is 5.32 Å². The van der Waals surface area contributed by atoms with Crippen molar-refractivity contribution in [1.82, 2.24) is 5.32 Å². The summed E-state index contributed by atoms with van der Waals surface area (Å²) in [4.78, 5) is 12.0. The van der Waals surface area contributed by atoms with E-state index in [1.807, 2.05) is 25.1 Å². The van der Waals surface area contributed by atoms with E-state index in [0.29, 0.717) is 18.9 Å². The number of rotatable bonds is 5. The summed E-state index contributed by atoms with van der Waals surface area (Å²) in [6.07, 6.45) is 3.95. The number of aliphatic hydroxyl groups excluding tert-OH is 1. The fourth-order valence-electron chi connectivity index (χ4n) is 2.83.